The highest BCUT2D eigenvalue weighted by Crippen LogP contribution is 2.38. The molecule has 0 aromatic heterocycles. The van der Waals surface area contributed by atoms with Gasteiger partial charge in [0.25, 0.3) is 0 Å². The smallest absolute Gasteiger partial charge is 0.407 e. The number of aryl methyl sites for hydroxylation is 1. The second kappa shape index (κ2) is 19.2. The second-order valence-corrected chi connectivity index (χ2v) is 12.8. The van der Waals surface area contributed by atoms with Gasteiger partial charge in [-0.15, -0.1) is 0 Å². The van der Waals surface area contributed by atoms with Crippen LogP contribution in [0.5, 0.6) is 5.75 Å². The average molecular weight is 621 g/mol. The number of amides is 1. The third-order valence-electron chi connectivity index (χ3n) is 7.62. The minimum Gasteiger partial charge on any atom is -0.486 e. The zero-order valence-corrected chi connectivity index (χ0v) is 29.0. The Kier molecular flexibility index (Phi) is 16.1. The molecule has 1 amide bonds. The van der Waals surface area contributed by atoms with Gasteiger partial charge in [-0.05, 0) is 93.8 Å². The van der Waals surface area contributed by atoms with Crippen LogP contribution in [-0.4, -0.2) is 24.8 Å². The summed E-state index contributed by atoms with van der Waals surface area (Å²) in [5, 5.41) is 6.70. The second-order valence-electron chi connectivity index (χ2n) is 12.8. The number of hydrogen-bond acceptors (Lipinski definition) is 4. The number of hydrogen-bond donors (Lipinski definition) is 2. The molecular formula is C39H57FN2O3. The lowest BCUT2D eigenvalue weighted by molar-refractivity contribution is 0.0527. The number of carbonyl (C=O) groups is 1. The van der Waals surface area contributed by atoms with Crippen molar-refractivity contribution in [3.05, 3.63) is 101 Å². The summed E-state index contributed by atoms with van der Waals surface area (Å²) in [4.78, 5) is 11.8. The van der Waals surface area contributed by atoms with Crippen molar-refractivity contribution < 1.29 is 18.7 Å². The quantitative estimate of drug-likeness (QED) is 0.221. The Labute approximate surface area is 272 Å². The van der Waals surface area contributed by atoms with E-state index in [2.05, 4.69) is 48.7 Å². The minimum absolute atomic E-state index is 0.0784. The van der Waals surface area contributed by atoms with Crippen LogP contribution in [0.4, 0.5) is 9.18 Å². The first-order chi connectivity index (χ1) is 21.5. The van der Waals surface area contributed by atoms with E-state index in [1.807, 2.05) is 77.9 Å². The van der Waals surface area contributed by atoms with Gasteiger partial charge in [-0.1, -0.05) is 108 Å². The van der Waals surface area contributed by atoms with Gasteiger partial charge in [-0.3, -0.25) is 0 Å². The molecule has 6 heteroatoms. The van der Waals surface area contributed by atoms with E-state index in [9.17, 15) is 9.18 Å². The first-order valence-corrected chi connectivity index (χ1v) is 16.7. The van der Waals surface area contributed by atoms with Crippen molar-refractivity contribution in [1.29, 1.82) is 0 Å². The van der Waals surface area contributed by atoms with E-state index in [4.69, 9.17) is 9.47 Å². The molecular weight excluding hydrogens is 563 g/mol. The summed E-state index contributed by atoms with van der Waals surface area (Å²) in [6.45, 7) is 17.9. The van der Waals surface area contributed by atoms with E-state index in [1.165, 1.54) is 49.3 Å². The van der Waals surface area contributed by atoms with Crippen LogP contribution in [0.1, 0.15) is 115 Å². The molecule has 45 heavy (non-hydrogen) atoms. The fourth-order valence-electron chi connectivity index (χ4n) is 5.30. The van der Waals surface area contributed by atoms with E-state index in [0.717, 1.165) is 24.1 Å². The van der Waals surface area contributed by atoms with Crippen molar-refractivity contribution in [1.82, 2.24) is 10.6 Å². The standard InChI is InChI=1S/C23H38N2O2.C14H13FO.C2H6/c1-18(2)19-11-9-12-20(17-19)23(13-7-6-8-14-23)25-16-10-15-24-21(26)27-22(3,4)5;1-11-7-8-14(13(15)9-11)16-10-12-5-3-2-4-6-12;1-2/h9,11-12,17-18,25H,6-8,10,13-16H2,1-5H3,(H,24,26);2-9H,10H2,1H3;1-2H3. The van der Waals surface area contributed by atoms with Gasteiger partial charge in [0.2, 0.25) is 0 Å². The van der Waals surface area contributed by atoms with Crippen LogP contribution >= 0.6 is 0 Å². The number of alkyl carbamates (subject to hydrolysis) is 1. The first kappa shape index (κ1) is 37.8. The topological polar surface area (TPSA) is 59.6 Å². The molecule has 0 bridgehead atoms. The van der Waals surface area contributed by atoms with Crippen molar-refractivity contribution >= 4 is 6.09 Å². The molecule has 2 N–H and O–H groups in total. The third-order valence-corrected chi connectivity index (χ3v) is 7.62. The molecule has 0 unspecified atom stereocenters. The van der Waals surface area contributed by atoms with Gasteiger partial charge < -0.3 is 20.1 Å². The Bertz CT molecular complexity index is 1260. The lowest BCUT2D eigenvalue weighted by atomic mass is 9.75. The maximum atomic E-state index is 13.4. The Morgan fingerprint density at radius 3 is 2.22 bits per heavy atom. The van der Waals surface area contributed by atoms with Crippen molar-refractivity contribution in [2.24, 2.45) is 0 Å². The van der Waals surface area contributed by atoms with Gasteiger partial charge in [0.05, 0.1) is 0 Å². The van der Waals surface area contributed by atoms with Crippen LogP contribution in [0.2, 0.25) is 0 Å². The molecule has 1 aliphatic rings. The molecule has 248 valence electrons. The van der Waals surface area contributed by atoms with Crippen LogP contribution < -0.4 is 15.4 Å². The number of nitrogens with one attached hydrogen (secondary N) is 2. The third kappa shape index (κ3) is 13.7. The van der Waals surface area contributed by atoms with Crippen LogP contribution in [0.3, 0.4) is 0 Å². The van der Waals surface area contributed by atoms with Crippen LogP contribution in [-0.2, 0) is 16.9 Å². The van der Waals surface area contributed by atoms with Gasteiger partial charge in [-0.2, -0.15) is 0 Å². The van der Waals surface area contributed by atoms with Crippen LogP contribution in [0.25, 0.3) is 0 Å². The monoisotopic (exact) mass is 620 g/mol. The summed E-state index contributed by atoms with van der Waals surface area (Å²) < 4.78 is 24.1. The van der Waals surface area contributed by atoms with Crippen molar-refractivity contribution in [2.75, 3.05) is 13.1 Å². The summed E-state index contributed by atoms with van der Waals surface area (Å²) in [6.07, 6.45) is 6.81. The highest BCUT2D eigenvalue weighted by Gasteiger charge is 2.33. The van der Waals surface area contributed by atoms with Gasteiger partial charge in [0, 0.05) is 12.1 Å². The van der Waals surface area contributed by atoms with Crippen LogP contribution in [0.15, 0.2) is 72.8 Å². The van der Waals surface area contributed by atoms with Crippen molar-refractivity contribution in [2.45, 2.75) is 118 Å². The maximum absolute atomic E-state index is 13.4. The van der Waals surface area contributed by atoms with E-state index in [1.54, 1.807) is 6.07 Å². The van der Waals surface area contributed by atoms with E-state index >= 15 is 0 Å². The Balaban J connectivity index is 0.000000332. The zero-order chi connectivity index (χ0) is 33.3. The lowest BCUT2D eigenvalue weighted by Crippen LogP contribution is -2.45. The maximum Gasteiger partial charge on any atom is 0.407 e. The molecule has 3 aromatic carbocycles. The number of halogens is 1. The highest BCUT2D eigenvalue weighted by atomic mass is 19.1. The number of ether oxygens (including phenoxy) is 2. The number of carbonyl (C=O) groups excluding carboxylic acids is 1. The molecule has 3 aromatic rings. The molecule has 0 aliphatic heterocycles. The Hall–Kier alpha value is -3.38. The van der Waals surface area contributed by atoms with Gasteiger partial charge in [0.1, 0.15) is 12.2 Å². The average Bonchev–Trinajstić information content (AvgIpc) is 3.02. The molecule has 0 saturated heterocycles. The first-order valence-electron chi connectivity index (χ1n) is 16.7. The predicted octanol–water partition coefficient (Wildman–Crippen LogP) is 10.2. The summed E-state index contributed by atoms with van der Waals surface area (Å²) >= 11 is 0. The summed E-state index contributed by atoms with van der Waals surface area (Å²) in [5.74, 6) is 0.536. The zero-order valence-electron chi connectivity index (χ0n) is 29.0. The van der Waals surface area contributed by atoms with Gasteiger partial charge in [-0.25, -0.2) is 9.18 Å². The Morgan fingerprint density at radius 2 is 1.60 bits per heavy atom. The molecule has 0 atom stereocenters. The summed E-state index contributed by atoms with van der Waals surface area (Å²) in [7, 11) is 0. The Morgan fingerprint density at radius 1 is 0.911 bits per heavy atom. The molecule has 1 fully saturated rings. The fourth-order valence-corrected chi connectivity index (χ4v) is 5.30. The molecule has 0 heterocycles. The number of benzene rings is 3. The van der Waals surface area contributed by atoms with E-state index < -0.39 is 5.60 Å². The van der Waals surface area contributed by atoms with Gasteiger partial charge in [0.15, 0.2) is 11.6 Å². The van der Waals surface area contributed by atoms with Gasteiger partial charge >= 0.3 is 6.09 Å². The minimum atomic E-state index is -0.448. The normalized spacial score (nSPS) is 13.9. The molecule has 5 nitrogen and oxygen atoms in total. The van der Waals surface area contributed by atoms with Crippen molar-refractivity contribution in [3.8, 4) is 5.75 Å². The summed E-state index contributed by atoms with van der Waals surface area (Å²) in [5.41, 5.74) is 4.39. The number of rotatable bonds is 10. The molecule has 1 saturated carbocycles. The van der Waals surface area contributed by atoms with Crippen LogP contribution in [0, 0.1) is 12.7 Å². The molecule has 0 radical (unpaired) electrons. The highest BCUT2D eigenvalue weighted by molar-refractivity contribution is 5.67. The molecule has 4 rings (SSSR count). The predicted molar refractivity (Wildman–Crippen MR) is 185 cm³/mol. The molecule has 0 spiro atoms. The van der Waals surface area contributed by atoms with E-state index in [-0.39, 0.29) is 17.4 Å². The summed E-state index contributed by atoms with van der Waals surface area (Å²) in [6, 6.07) is 23.8. The van der Waals surface area contributed by atoms with Crippen molar-refractivity contribution in [3.63, 3.8) is 0 Å². The van der Waals surface area contributed by atoms with E-state index in [0.29, 0.717) is 24.8 Å². The fraction of sp³-hybridized carbons (Fsp3) is 0.513. The lowest BCUT2D eigenvalue weighted by Gasteiger charge is -2.39. The molecule has 1 aliphatic carbocycles. The SMILES string of the molecule is CC.CC(C)c1cccc(C2(NCCCNC(=O)OC(C)(C)C)CCCCC2)c1.Cc1ccc(OCc2ccccc2)c(F)c1. The largest absolute Gasteiger partial charge is 0.486 e.